The van der Waals surface area contributed by atoms with Crippen molar-refractivity contribution < 1.29 is 14.7 Å². The van der Waals surface area contributed by atoms with Gasteiger partial charge in [0, 0.05) is 5.39 Å². The lowest BCUT2D eigenvalue weighted by atomic mass is 10.3. The van der Waals surface area contributed by atoms with E-state index in [1.807, 2.05) is 0 Å². The number of aromatic nitrogens is 1. The number of ketones is 1. The van der Waals surface area contributed by atoms with E-state index < -0.39 is 5.97 Å². The first-order chi connectivity index (χ1) is 6.58. The van der Waals surface area contributed by atoms with E-state index in [1.165, 1.54) is 24.3 Å². The molecule has 72 valence electrons. The minimum absolute atomic E-state index is 0.00326. The van der Waals surface area contributed by atoms with Gasteiger partial charge in [0.05, 0.1) is 4.88 Å². The first-order valence-corrected chi connectivity index (χ1v) is 4.76. The average Bonchev–Trinajstić information content (AvgIpc) is 2.57. The molecule has 2 aromatic rings. The summed E-state index contributed by atoms with van der Waals surface area (Å²) in [5.74, 6) is -0.991. The Hall–Kier alpha value is -1.62. The lowest BCUT2D eigenvalue weighted by Gasteiger charge is -1.85. The molecule has 2 aromatic heterocycles. The number of nitrogens with one attached hydrogen (secondary N) is 1. The molecule has 14 heavy (non-hydrogen) atoms. The molecule has 0 fully saturated rings. The van der Waals surface area contributed by atoms with E-state index in [4.69, 9.17) is 5.11 Å². The fourth-order valence-electron chi connectivity index (χ4n) is 1.21. The molecule has 0 spiro atoms. The molecule has 5 heteroatoms. The molecule has 0 unspecified atom stereocenters. The van der Waals surface area contributed by atoms with Crippen molar-refractivity contribution in [2.24, 2.45) is 0 Å². The number of Topliss-reactive ketones (excluding diaryl/α,β-unsaturated/α-hetero) is 1. The Bertz CT molecular complexity index is 448. The minimum atomic E-state index is -0.988. The minimum Gasteiger partial charge on any atom is -0.477 e. The fraction of sp³-hybridized carbons (Fsp3) is 0.111. The van der Waals surface area contributed by atoms with Crippen LogP contribution in [0.5, 0.6) is 0 Å². The van der Waals surface area contributed by atoms with Gasteiger partial charge in [-0.25, -0.2) is 4.79 Å². The van der Waals surface area contributed by atoms with E-state index in [-0.39, 0.29) is 11.5 Å². The van der Waals surface area contributed by atoms with Crippen LogP contribution >= 0.6 is 11.3 Å². The molecular weight excluding hydrogens is 202 g/mol. The number of aromatic amines is 1. The number of hydrogen-bond donors (Lipinski definition) is 2. The van der Waals surface area contributed by atoms with E-state index >= 15 is 0 Å². The van der Waals surface area contributed by atoms with Crippen molar-refractivity contribution in [1.82, 2.24) is 4.98 Å². The maximum atomic E-state index is 11.0. The van der Waals surface area contributed by atoms with Crippen LogP contribution in [0.2, 0.25) is 0 Å². The molecule has 0 saturated carbocycles. The van der Waals surface area contributed by atoms with Gasteiger partial charge in [-0.1, -0.05) is 0 Å². The van der Waals surface area contributed by atoms with Gasteiger partial charge in [0.2, 0.25) is 0 Å². The van der Waals surface area contributed by atoms with Gasteiger partial charge in [0.15, 0.2) is 5.78 Å². The van der Waals surface area contributed by atoms with Crippen molar-refractivity contribution in [1.29, 1.82) is 0 Å². The zero-order valence-electron chi connectivity index (χ0n) is 7.33. The van der Waals surface area contributed by atoms with Crippen molar-refractivity contribution >= 4 is 33.3 Å². The molecule has 2 rings (SSSR count). The van der Waals surface area contributed by atoms with E-state index in [1.54, 1.807) is 6.07 Å². The molecule has 0 radical (unpaired) electrons. The lowest BCUT2D eigenvalue weighted by Crippen LogP contribution is -1.94. The Balaban J connectivity index is 2.56. The van der Waals surface area contributed by atoms with Crippen LogP contribution in [0.15, 0.2) is 12.1 Å². The Morgan fingerprint density at radius 3 is 2.64 bits per heavy atom. The number of carbonyl (C=O) groups is 2. The second-order valence-electron chi connectivity index (χ2n) is 2.94. The number of carboxylic acid groups (broad SMARTS) is 1. The van der Waals surface area contributed by atoms with Crippen LogP contribution in [-0.4, -0.2) is 21.8 Å². The van der Waals surface area contributed by atoms with Crippen molar-refractivity contribution in [2.45, 2.75) is 6.92 Å². The number of rotatable bonds is 2. The van der Waals surface area contributed by atoms with Gasteiger partial charge in [0.1, 0.15) is 10.5 Å². The summed E-state index contributed by atoms with van der Waals surface area (Å²) >= 11 is 1.28. The second kappa shape index (κ2) is 2.95. The number of thiophene rings is 1. The smallest absolute Gasteiger partial charge is 0.352 e. The Morgan fingerprint density at radius 2 is 2.14 bits per heavy atom. The summed E-state index contributed by atoms with van der Waals surface area (Å²) in [6.07, 6.45) is 0. The Labute approximate surface area is 83.2 Å². The van der Waals surface area contributed by atoms with Crippen molar-refractivity contribution in [3.63, 3.8) is 0 Å². The molecule has 0 aromatic carbocycles. The van der Waals surface area contributed by atoms with Crippen molar-refractivity contribution in [3.8, 4) is 0 Å². The van der Waals surface area contributed by atoms with Crippen molar-refractivity contribution in [3.05, 3.63) is 22.7 Å². The van der Waals surface area contributed by atoms with Gasteiger partial charge in [-0.05, 0) is 19.1 Å². The number of hydrogen-bond acceptors (Lipinski definition) is 3. The van der Waals surface area contributed by atoms with Gasteiger partial charge < -0.3 is 10.1 Å². The van der Waals surface area contributed by atoms with E-state index in [2.05, 4.69) is 4.98 Å². The average molecular weight is 209 g/mol. The highest BCUT2D eigenvalue weighted by Gasteiger charge is 2.11. The molecule has 0 atom stereocenters. The van der Waals surface area contributed by atoms with Gasteiger partial charge in [-0.2, -0.15) is 0 Å². The van der Waals surface area contributed by atoms with Gasteiger partial charge in [0.25, 0.3) is 0 Å². The van der Waals surface area contributed by atoms with Crippen LogP contribution < -0.4 is 0 Å². The molecule has 0 aliphatic rings. The van der Waals surface area contributed by atoms with Crippen LogP contribution in [0.25, 0.3) is 10.2 Å². The molecule has 0 bridgehead atoms. The fourth-order valence-corrected chi connectivity index (χ4v) is 2.16. The third-order valence-corrected chi connectivity index (χ3v) is 3.05. The maximum Gasteiger partial charge on any atom is 0.352 e. The highest BCUT2D eigenvalue weighted by molar-refractivity contribution is 7.20. The first-order valence-electron chi connectivity index (χ1n) is 3.94. The largest absolute Gasteiger partial charge is 0.477 e. The SMILES string of the molecule is CC(=O)c1cc2cc(C(=O)O)[nH]c2s1. The molecule has 0 aliphatic carbocycles. The lowest BCUT2D eigenvalue weighted by molar-refractivity contribution is 0.0691. The molecule has 0 amide bonds. The van der Waals surface area contributed by atoms with E-state index in [0.29, 0.717) is 4.88 Å². The molecule has 2 heterocycles. The predicted octanol–water partition coefficient (Wildman–Crippen LogP) is 2.13. The van der Waals surface area contributed by atoms with Crippen LogP contribution in [0.4, 0.5) is 0 Å². The van der Waals surface area contributed by atoms with Crippen LogP contribution in [0.1, 0.15) is 27.1 Å². The first kappa shape index (κ1) is 8.96. The predicted molar refractivity (Wildman–Crippen MR) is 53.1 cm³/mol. The summed E-state index contributed by atoms with van der Waals surface area (Å²) in [4.78, 5) is 25.7. The highest BCUT2D eigenvalue weighted by Crippen LogP contribution is 2.26. The van der Waals surface area contributed by atoms with Gasteiger partial charge >= 0.3 is 5.97 Å². The number of fused-ring (bicyclic) bond motifs is 1. The maximum absolute atomic E-state index is 11.0. The molecule has 0 saturated heterocycles. The number of carbonyl (C=O) groups excluding carboxylic acids is 1. The summed E-state index contributed by atoms with van der Waals surface area (Å²) in [5, 5.41) is 9.46. The quantitative estimate of drug-likeness (QED) is 0.744. The number of H-pyrrole nitrogens is 1. The monoisotopic (exact) mass is 209 g/mol. The summed E-state index contributed by atoms with van der Waals surface area (Å²) < 4.78 is 0. The summed E-state index contributed by atoms with van der Waals surface area (Å²) in [5.41, 5.74) is 0.154. The number of aromatic carboxylic acids is 1. The van der Waals surface area contributed by atoms with Gasteiger partial charge in [-0.15, -0.1) is 11.3 Å². The molecule has 0 aliphatic heterocycles. The number of carboxylic acids is 1. The third-order valence-electron chi connectivity index (χ3n) is 1.89. The van der Waals surface area contributed by atoms with Crippen LogP contribution in [0, 0.1) is 0 Å². The topological polar surface area (TPSA) is 70.2 Å². The summed E-state index contributed by atoms with van der Waals surface area (Å²) in [7, 11) is 0. The van der Waals surface area contributed by atoms with Crippen LogP contribution in [0.3, 0.4) is 0 Å². The molecule has 4 nitrogen and oxygen atoms in total. The third kappa shape index (κ3) is 1.31. The normalized spacial score (nSPS) is 10.6. The second-order valence-corrected chi connectivity index (χ2v) is 3.99. The molecular formula is C9H7NO3S. The highest BCUT2D eigenvalue weighted by atomic mass is 32.1. The Morgan fingerprint density at radius 1 is 1.43 bits per heavy atom. The van der Waals surface area contributed by atoms with Crippen molar-refractivity contribution in [2.75, 3.05) is 0 Å². The van der Waals surface area contributed by atoms with Crippen LogP contribution in [-0.2, 0) is 0 Å². The summed E-state index contributed by atoms with van der Waals surface area (Å²) in [6.45, 7) is 1.49. The zero-order valence-corrected chi connectivity index (χ0v) is 8.14. The summed E-state index contributed by atoms with van der Waals surface area (Å²) in [6, 6.07) is 3.23. The molecule has 2 N–H and O–H groups in total. The zero-order chi connectivity index (χ0) is 10.3. The standard InChI is InChI=1S/C9H7NO3S/c1-4(11)7-3-5-2-6(9(12)13)10-8(5)14-7/h2-3,10H,1H3,(H,12,13). The Kier molecular flexibility index (Phi) is 1.89. The van der Waals surface area contributed by atoms with E-state index in [9.17, 15) is 9.59 Å². The van der Waals surface area contributed by atoms with Gasteiger partial charge in [-0.3, -0.25) is 4.79 Å². The van der Waals surface area contributed by atoms with E-state index in [0.717, 1.165) is 10.2 Å².